The van der Waals surface area contributed by atoms with Crippen LogP contribution in [0.25, 0.3) is 72.5 Å². The van der Waals surface area contributed by atoms with Crippen molar-refractivity contribution in [2.45, 2.75) is 33.1 Å². The average Bonchev–Trinajstić information content (AvgIpc) is 3.68. The molecule has 0 amide bonds. The number of pyridine rings is 2. The van der Waals surface area contributed by atoms with Gasteiger partial charge in [0.25, 0.3) is 0 Å². The Morgan fingerprint density at radius 2 is 1.40 bits per heavy atom. The molecular formula is C43H34N4Pt. The van der Waals surface area contributed by atoms with Gasteiger partial charge in [0.15, 0.2) is 0 Å². The van der Waals surface area contributed by atoms with Crippen molar-refractivity contribution < 1.29 is 21.1 Å². The fourth-order valence-electron chi connectivity index (χ4n) is 6.44. The van der Waals surface area contributed by atoms with Gasteiger partial charge in [0.1, 0.15) is 0 Å². The fourth-order valence-corrected chi connectivity index (χ4v) is 6.44. The Balaban J connectivity index is 0.00000364. The van der Waals surface area contributed by atoms with Gasteiger partial charge in [0, 0.05) is 23.0 Å². The van der Waals surface area contributed by atoms with Crippen LogP contribution in [0.4, 0.5) is 0 Å². The first-order valence-electron chi connectivity index (χ1n) is 16.0. The van der Waals surface area contributed by atoms with Crippen LogP contribution in [0.5, 0.6) is 0 Å². The number of aryl methyl sites for hydroxylation is 1. The van der Waals surface area contributed by atoms with Gasteiger partial charge in [-0.05, 0) is 51.6 Å². The number of para-hydroxylation sites is 1. The molecule has 0 N–H and O–H groups in total. The summed E-state index contributed by atoms with van der Waals surface area (Å²) in [4.78, 5) is 14.9. The van der Waals surface area contributed by atoms with E-state index in [1.54, 1.807) is 0 Å². The summed E-state index contributed by atoms with van der Waals surface area (Å²) in [6.07, 6.45) is 1.84. The maximum Gasteiger partial charge on any atom is 2.00 e. The standard InChI is InChI=1S/C43H34N4.Pt/c1-28-17-22-41(45-28)47-40-16-9-8-14-35(40)36-20-21-39(46-42(36)47)32-25-30(24-31(26-32)38-15-10-11-23-44-38)37-27-33(43(2,3)4)18-19-34(37)29-12-6-5-7-13-29;/h5-25,27H,1-4H3;/q-2;+2. The normalized spacial score (nSPS) is 11.6. The predicted molar refractivity (Wildman–Crippen MR) is 194 cm³/mol. The number of rotatable bonds is 5. The quantitative estimate of drug-likeness (QED) is 0.163. The van der Waals surface area contributed by atoms with Crippen molar-refractivity contribution in [3.8, 4) is 50.6 Å². The summed E-state index contributed by atoms with van der Waals surface area (Å²) in [5.41, 5.74) is 12.4. The SMILES string of the molecule is Cc1ccc(-n2c3ccccc3c3ccc(-c4[c-]c(-c5ccccn5)cc(-c5cc(C(C)(C)C)ccc5-c5ccccc5)c4)nc32)[n-]1.[Pt+2]. The molecule has 8 rings (SSSR count). The second-order valence-corrected chi connectivity index (χ2v) is 13.2. The van der Waals surface area contributed by atoms with Crippen molar-refractivity contribution in [1.29, 1.82) is 0 Å². The number of fused-ring (bicyclic) bond motifs is 3. The van der Waals surface area contributed by atoms with Crippen LogP contribution in [0, 0.1) is 13.0 Å². The average molecular weight is 802 g/mol. The third-order valence-electron chi connectivity index (χ3n) is 8.88. The number of benzene rings is 4. The number of aromatic nitrogens is 4. The van der Waals surface area contributed by atoms with Gasteiger partial charge >= 0.3 is 21.1 Å². The van der Waals surface area contributed by atoms with Crippen molar-refractivity contribution in [1.82, 2.24) is 19.5 Å². The molecule has 4 heterocycles. The first-order valence-corrected chi connectivity index (χ1v) is 16.0. The van der Waals surface area contributed by atoms with Crippen LogP contribution >= 0.6 is 0 Å². The van der Waals surface area contributed by atoms with Crippen molar-refractivity contribution in [2.24, 2.45) is 0 Å². The van der Waals surface area contributed by atoms with Crippen LogP contribution < -0.4 is 4.98 Å². The van der Waals surface area contributed by atoms with Gasteiger partial charge in [-0.3, -0.25) is 9.97 Å². The van der Waals surface area contributed by atoms with Crippen LogP contribution in [0.15, 0.2) is 134 Å². The van der Waals surface area contributed by atoms with E-state index in [-0.39, 0.29) is 26.5 Å². The summed E-state index contributed by atoms with van der Waals surface area (Å²) in [7, 11) is 0. The molecule has 0 atom stereocenters. The molecule has 0 radical (unpaired) electrons. The summed E-state index contributed by atoms with van der Waals surface area (Å²) in [6, 6.07) is 48.5. The molecule has 0 aliphatic rings. The Morgan fingerprint density at radius 1 is 0.646 bits per heavy atom. The second-order valence-electron chi connectivity index (χ2n) is 13.2. The van der Waals surface area contributed by atoms with Crippen LogP contribution in [-0.4, -0.2) is 14.5 Å². The number of nitrogens with zero attached hydrogens (tertiary/aromatic N) is 4. The molecule has 4 aromatic heterocycles. The molecule has 4 nitrogen and oxygen atoms in total. The van der Waals surface area contributed by atoms with Gasteiger partial charge in [-0.1, -0.05) is 158 Å². The molecule has 236 valence electrons. The summed E-state index contributed by atoms with van der Waals surface area (Å²) in [5, 5.41) is 2.25. The summed E-state index contributed by atoms with van der Waals surface area (Å²) in [5.74, 6) is 0.872. The molecule has 0 bridgehead atoms. The monoisotopic (exact) mass is 801 g/mol. The topological polar surface area (TPSA) is 44.8 Å². The van der Waals surface area contributed by atoms with E-state index in [9.17, 15) is 0 Å². The van der Waals surface area contributed by atoms with E-state index in [1.807, 2.05) is 37.4 Å². The molecule has 0 aliphatic heterocycles. The Hall–Kier alpha value is -5.05. The van der Waals surface area contributed by atoms with E-state index in [2.05, 4.69) is 135 Å². The van der Waals surface area contributed by atoms with Crippen molar-refractivity contribution in [3.63, 3.8) is 0 Å². The Kier molecular flexibility index (Phi) is 8.23. The van der Waals surface area contributed by atoms with Crippen LogP contribution in [0.1, 0.15) is 32.0 Å². The van der Waals surface area contributed by atoms with E-state index in [4.69, 9.17) is 15.0 Å². The van der Waals surface area contributed by atoms with Gasteiger partial charge in [-0.2, -0.15) is 0 Å². The Morgan fingerprint density at radius 3 is 2.12 bits per heavy atom. The summed E-state index contributed by atoms with van der Waals surface area (Å²) in [6.45, 7) is 8.81. The second kappa shape index (κ2) is 12.5. The molecular weight excluding hydrogens is 768 g/mol. The van der Waals surface area contributed by atoms with E-state index < -0.39 is 0 Å². The maximum atomic E-state index is 5.35. The molecule has 4 aromatic carbocycles. The van der Waals surface area contributed by atoms with Crippen molar-refractivity contribution >= 4 is 21.9 Å². The minimum Gasteiger partial charge on any atom is -0.440 e. The molecule has 0 spiro atoms. The first-order chi connectivity index (χ1) is 22.8. The van der Waals surface area contributed by atoms with Crippen LogP contribution in [0.2, 0.25) is 0 Å². The van der Waals surface area contributed by atoms with Gasteiger partial charge in [-0.15, -0.1) is 18.2 Å². The van der Waals surface area contributed by atoms with E-state index in [1.165, 1.54) is 22.3 Å². The zero-order valence-electron chi connectivity index (χ0n) is 27.3. The third kappa shape index (κ3) is 5.71. The molecule has 0 saturated heterocycles. The van der Waals surface area contributed by atoms with Crippen LogP contribution in [-0.2, 0) is 26.5 Å². The van der Waals surface area contributed by atoms with Crippen molar-refractivity contribution in [3.05, 3.63) is 151 Å². The van der Waals surface area contributed by atoms with Gasteiger partial charge in [0.05, 0.1) is 5.65 Å². The molecule has 0 fully saturated rings. The number of hydrogen-bond acceptors (Lipinski definition) is 2. The molecule has 8 aromatic rings. The largest absolute Gasteiger partial charge is 2.00 e. The number of hydrogen-bond donors (Lipinski definition) is 0. The minimum atomic E-state index is -0.00922. The molecule has 0 saturated carbocycles. The smallest absolute Gasteiger partial charge is 0.440 e. The van der Waals surface area contributed by atoms with Gasteiger partial charge in [-0.25, -0.2) is 0 Å². The first kappa shape index (κ1) is 31.5. The maximum absolute atomic E-state index is 5.35. The van der Waals surface area contributed by atoms with Crippen molar-refractivity contribution in [2.75, 3.05) is 0 Å². The fraction of sp³-hybridized carbons (Fsp3) is 0.116. The van der Waals surface area contributed by atoms with E-state index in [0.29, 0.717) is 0 Å². The molecule has 48 heavy (non-hydrogen) atoms. The van der Waals surface area contributed by atoms with E-state index in [0.717, 1.165) is 61.5 Å². The Bertz CT molecular complexity index is 2400. The minimum absolute atomic E-state index is 0. The van der Waals surface area contributed by atoms with Gasteiger partial charge < -0.3 is 9.55 Å². The van der Waals surface area contributed by atoms with Crippen LogP contribution in [0.3, 0.4) is 0 Å². The van der Waals surface area contributed by atoms with E-state index >= 15 is 0 Å². The molecule has 0 unspecified atom stereocenters. The van der Waals surface area contributed by atoms with Gasteiger partial charge in [0.2, 0.25) is 0 Å². The summed E-state index contributed by atoms with van der Waals surface area (Å²) < 4.78 is 2.17. The third-order valence-corrected chi connectivity index (χ3v) is 8.88. The zero-order valence-corrected chi connectivity index (χ0v) is 29.6. The summed E-state index contributed by atoms with van der Waals surface area (Å²) >= 11 is 0. The zero-order chi connectivity index (χ0) is 32.1. The molecule has 0 aliphatic carbocycles. The predicted octanol–water partition coefficient (Wildman–Crippen LogP) is 10.6. The molecule has 5 heteroatoms. The Labute approximate surface area is 295 Å².